The Bertz CT molecular complexity index is 1100. The van der Waals surface area contributed by atoms with Crippen molar-refractivity contribution < 1.29 is 14.0 Å². The van der Waals surface area contributed by atoms with Crippen LogP contribution in [0.5, 0.6) is 0 Å². The van der Waals surface area contributed by atoms with Crippen molar-refractivity contribution in [2.24, 2.45) is 5.92 Å². The quantitative estimate of drug-likeness (QED) is 0.684. The lowest BCUT2D eigenvalue weighted by molar-refractivity contribution is 0.0750. The summed E-state index contributed by atoms with van der Waals surface area (Å²) < 4.78 is 13.5. The van der Waals surface area contributed by atoms with Gasteiger partial charge < -0.3 is 4.90 Å². The summed E-state index contributed by atoms with van der Waals surface area (Å²) in [5.74, 6) is -0.223. The molecule has 0 bridgehead atoms. The molecule has 28 heavy (non-hydrogen) atoms. The second-order valence-corrected chi connectivity index (χ2v) is 7.88. The minimum absolute atomic E-state index is 0.0347. The number of aryl methyl sites for hydroxylation is 1. The van der Waals surface area contributed by atoms with Crippen LogP contribution in [0.3, 0.4) is 0 Å². The van der Waals surface area contributed by atoms with E-state index in [4.69, 9.17) is 0 Å². The molecule has 3 aromatic rings. The number of carbonyl (C=O) groups excluding carboxylic acids is 2. The molecule has 1 aliphatic rings. The molecule has 0 spiro atoms. The minimum Gasteiger partial charge on any atom is -0.330 e. The van der Waals surface area contributed by atoms with Crippen LogP contribution >= 0.6 is 0 Å². The predicted octanol–water partition coefficient (Wildman–Crippen LogP) is 4.40. The fraction of sp³-hybridized carbons (Fsp3) is 0.318. The zero-order valence-corrected chi connectivity index (χ0v) is 16.2. The van der Waals surface area contributed by atoms with Gasteiger partial charge in [0.25, 0.3) is 5.91 Å². The van der Waals surface area contributed by atoms with Gasteiger partial charge in [-0.05, 0) is 53.8 Å². The number of aromatic nitrogens is 2. The summed E-state index contributed by atoms with van der Waals surface area (Å²) in [7, 11) is 0. The van der Waals surface area contributed by atoms with Gasteiger partial charge >= 0.3 is 0 Å². The molecule has 2 heterocycles. The first-order valence-corrected chi connectivity index (χ1v) is 9.42. The second kappa shape index (κ2) is 6.86. The van der Waals surface area contributed by atoms with Crippen molar-refractivity contribution in [3.63, 3.8) is 0 Å². The van der Waals surface area contributed by atoms with Crippen LogP contribution < -0.4 is 0 Å². The Morgan fingerprint density at radius 1 is 1.18 bits per heavy atom. The smallest absolute Gasteiger partial charge is 0.254 e. The Morgan fingerprint density at radius 2 is 1.93 bits per heavy atom. The number of Topliss-reactive ketones (excluding diaryl/α,β-unsaturated/α-hetero) is 1. The molecule has 2 aromatic carbocycles. The number of H-pyrrole nitrogens is 1. The summed E-state index contributed by atoms with van der Waals surface area (Å²) in [4.78, 5) is 27.4. The topological polar surface area (TPSA) is 66.1 Å². The third-order valence-electron chi connectivity index (χ3n) is 5.17. The van der Waals surface area contributed by atoms with E-state index in [2.05, 4.69) is 10.2 Å². The van der Waals surface area contributed by atoms with Crippen LogP contribution in [-0.2, 0) is 13.1 Å². The monoisotopic (exact) mass is 379 g/mol. The molecule has 0 radical (unpaired) electrons. The van der Waals surface area contributed by atoms with Crippen molar-refractivity contribution in [3.8, 4) is 0 Å². The summed E-state index contributed by atoms with van der Waals surface area (Å²) in [6.07, 6.45) is 0.407. The summed E-state index contributed by atoms with van der Waals surface area (Å²) in [6.45, 7) is 6.68. The van der Waals surface area contributed by atoms with Crippen molar-refractivity contribution in [2.75, 3.05) is 0 Å². The van der Waals surface area contributed by atoms with E-state index in [0.29, 0.717) is 36.2 Å². The van der Waals surface area contributed by atoms with Crippen LogP contribution in [0, 0.1) is 18.7 Å². The van der Waals surface area contributed by atoms with Gasteiger partial charge in [-0.25, -0.2) is 4.39 Å². The molecule has 0 saturated carbocycles. The van der Waals surface area contributed by atoms with E-state index in [1.165, 1.54) is 12.1 Å². The third-order valence-corrected chi connectivity index (χ3v) is 5.17. The lowest BCUT2D eigenvalue weighted by Gasteiger charge is -2.17. The van der Waals surface area contributed by atoms with E-state index >= 15 is 0 Å². The third kappa shape index (κ3) is 3.19. The fourth-order valence-electron chi connectivity index (χ4n) is 3.76. The fourth-order valence-corrected chi connectivity index (χ4v) is 3.76. The van der Waals surface area contributed by atoms with E-state index in [-0.39, 0.29) is 23.4 Å². The number of nitrogens with one attached hydrogen (secondary N) is 1. The standard InChI is InChI=1S/C22H22FN3O2/c1-12(2)6-20(27)21-18-9-17(13(3)7-19(18)24-25-21)22(28)26-10-14-4-5-16(23)8-15(14)11-26/h4-5,7-9,12H,6,10-11H2,1-3H3,(H,24,25). The predicted molar refractivity (Wildman–Crippen MR) is 105 cm³/mol. The molecular weight excluding hydrogens is 357 g/mol. The molecule has 0 atom stereocenters. The zero-order chi connectivity index (χ0) is 20.0. The van der Waals surface area contributed by atoms with Crippen molar-refractivity contribution in [2.45, 2.75) is 40.3 Å². The van der Waals surface area contributed by atoms with Crippen LogP contribution in [0.25, 0.3) is 10.9 Å². The van der Waals surface area contributed by atoms with Gasteiger partial charge in [0, 0.05) is 30.5 Å². The average Bonchev–Trinajstić information content (AvgIpc) is 3.22. The number of hydrogen-bond acceptors (Lipinski definition) is 3. The Labute approximate surface area is 162 Å². The normalized spacial score (nSPS) is 13.4. The molecule has 1 N–H and O–H groups in total. The highest BCUT2D eigenvalue weighted by molar-refractivity contribution is 6.08. The van der Waals surface area contributed by atoms with E-state index < -0.39 is 0 Å². The average molecular weight is 379 g/mol. The first-order valence-electron chi connectivity index (χ1n) is 9.42. The van der Waals surface area contributed by atoms with E-state index in [1.807, 2.05) is 26.8 Å². The minimum atomic E-state index is -0.294. The van der Waals surface area contributed by atoms with Crippen LogP contribution in [0.15, 0.2) is 30.3 Å². The number of nitrogens with zero attached hydrogens (tertiary/aromatic N) is 2. The summed E-state index contributed by atoms with van der Waals surface area (Å²) in [6, 6.07) is 8.24. The SMILES string of the molecule is Cc1cc2[nH]nc(C(=O)CC(C)C)c2cc1C(=O)N1Cc2ccc(F)cc2C1. The van der Waals surface area contributed by atoms with Gasteiger partial charge in [0.05, 0.1) is 5.52 Å². The number of hydrogen-bond donors (Lipinski definition) is 1. The number of aromatic amines is 1. The maximum Gasteiger partial charge on any atom is 0.254 e. The van der Waals surface area contributed by atoms with Crippen LogP contribution in [0.1, 0.15) is 57.8 Å². The largest absolute Gasteiger partial charge is 0.330 e. The van der Waals surface area contributed by atoms with Gasteiger partial charge in [-0.3, -0.25) is 14.7 Å². The van der Waals surface area contributed by atoms with Gasteiger partial charge in [0.2, 0.25) is 0 Å². The number of carbonyl (C=O) groups is 2. The first-order chi connectivity index (χ1) is 13.3. The Morgan fingerprint density at radius 3 is 2.68 bits per heavy atom. The van der Waals surface area contributed by atoms with Gasteiger partial charge in [-0.2, -0.15) is 5.10 Å². The molecule has 144 valence electrons. The zero-order valence-electron chi connectivity index (χ0n) is 16.2. The maximum absolute atomic E-state index is 13.5. The van der Waals surface area contributed by atoms with E-state index in [0.717, 1.165) is 22.2 Å². The number of ketones is 1. The van der Waals surface area contributed by atoms with E-state index in [9.17, 15) is 14.0 Å². The Hall–Kier alpha value is -3.02. The Balaban J connectivity index is 1.68. The lowest BCUT2D eigenvalue weighted by atomic mass is 9.99. The molecule has 0 aliphatic carbocycles. The number of rotatable bonds is 4. The highest BCUT2D eigenvalue weighted by Gasteiger charge is 2.26. The van der Waals surface area contributed by atoms with Crippen molar-refractivity contribution in [1.82, 2.24) is 15.1 Å². The first kappa shape index (κ1) is 18.3. The Kier molecular flexibility index (Phi) is 4.49. The highest BCUT2D eigenvalue weighted by atomic mass is 19.1. The lowest BCUT2D eigenvalue weighted by Crippen LogP contribution is -2.26. The molecule has 0 fully saturated rings. The molecule has 1 aromatic heterocycles. The van der Waals surface area contributed by atoms with Gasteiger partial charge in [0.15, 0.2) is 5.78 Å². The van der Waals surface area contributed by atoms with Crippen LogP contribution in [-0.4, -0.2) is 26.8 Å². The van der Waals surface area contributed by atoms with Gasteiger partial charge in [0.1, 0.15) is 11.5 Å². The number of amides is 1. The molecular formula is C22H22FN3O2. The van der Waals surface area contributed by atoms with Crippen molar-refractivity contribution >= 4 is 22.6 Å². The maximum atomic E-state index is 13.5. The summed E-state index contributed by atoms with van der Waals surface area (Å²) in [5, 5.41) is 7.76. The molecule has 6 heteroatoms. The molecule has 4 rings (SSSR count). The second-order valence-electron chi connectivity index (χ2n) is 7.88. The molecule has 1 amide bonds. The molecule has 0 saturated heterocycles. The molecule has 5 nitrogen and oxygen atoms in total. The summed E-state index contributed by atoms with van der Waals surface area (Å²) >= 11 is 0. The number of benzene rings is 2. The number of fused-ring (bicyclic) bond motifs is 2. The van der Waals surface area contributed by atoms with Crippen LogP contribution in [0.4, 0.5) is 4.39 Å². The van der Waals surface area contributed by atoms with Gasteiger partial charge in [-0.15, -0.1) is 0 Å². The van der Waals surface area contributed by atoms with Crippen LogP contribution in [0.2, 0.25) is 0 Å². The van der Waals surface area contributed by atoms with Gasteiger partial charge in [-0.1, -0.05) is 19.9 Å². The van der Waals surface area contributed by atoms with E-state index in [1.54, 1.807) is 17.0 Å². The highest BCUT2D eigenvalue weighted by Crippen LogP contribution is 2.28. The molecule has 0 unspecified atom stereocenters. The van der Waals surface area contributed by atoms with Crippen molar-refractivity contribution in [3.05, 3.63) is 64.1 Å². The van der Waals surface area contributed by atoms with Crippen molar-refractivity contribution in [1.29, 1.82) is 0 Å². The molecule has 1 aliphatic heterocycles. The number of halogens is 1. The summed E-state index contributed by atoms with van der Waals surface area (Å²) in [5.41, 5.74) is 4.28.